The highest BCUT2D eigenvalue weighted by Crippen LogP contribution is 2.31. The molecule has 200 valence electrons. The van der Waals surface area contributed by atoms with Gasteiger partial charge >= 0.3 is 6.09 Å². The Morgan fingerprint density at radius 2 is 1.89 bits per heavy atom. The van der Waals surface area contributed by atoms with E-state index in [0.717, 1.165) is 22.7 Å². The Bertz CT molecular complexity index is 1410. The van der Waals surface area contributed by atoms with Gasteiger partial charge in [-0.25, -0.2) is 19.4 Å². The van der Waals surface area contributed by atoms with Gasteiger partial charge in [-0.05, 0) is 59.1 Å². The van der Waals surface area contributed by atoms with Crippen molar-refractivity contribution in [3.63, 3.8) is 0 Å². The van der Waals surface area contributed by atoms with Crippen molar-refractivity contribution in [1.82, 2.24) is 24.6 Å². The number of carbonyl (C=O) groups is 1. The van der Waals surface area contributed by atoms with Gasteiger partial charge in [0.15, 0.2) is 28.9 Å². The smallest absolute Gasteiger partial charge is 0.412 e. The number of furan rings is 1. The van der Waals surface area contributed by atoms with Crippen LogP contribution < -0.4 is 14.8 Å². The van der Waals surface area contributed by atoms with Gasteiger partial charge in [0.05, 0.1) is 12.8 Å². The Balaban J connectivity index is 1.45. The van der Waals surface area contributed by atoms with Gasteiger partial charge in [-0.1, -0.05) is 12.1 Å². The quantitative estimate of drug-likeness (QED) is 0.301. The van der Waals surface area contributed by atoms with Crippen molar-refractivity contribution in [2.45, 2.75) is 27.3 Å². The second-order valence-electron chi connectivity index (χ2n) is 8.98. The summed E-state index contributed by atoms with van der Waals surface area (Å²) in [6.45, 7) is 6.50. The second kappa shape index (κ2) is 11.8. The molecule has 0 saturated heterocycles. The van der Waals surface area contributed by atoms with Crippen LogP contribution in [-0.2, 0) is 11.3 Å². The summed E-state index contributed by atoms with van der Waals surface area (Å²) >= 11 is 0. The first kappa shape index (κ1) is 26.7. The number of para-hydroxylation sites is 1. The molecule has 11 heteroatoms. The van der Waals surface area contributed by atoms with Crippen LogP contribution in [0.25, 0.3) is 17.4 Å². The van der Waals surface area contributed by atoms with Crippen molar-refractivity contribution in [1.29, 1.82) is 0 Å². The third-order valence-corrected chi connectivity index (χ3v) is 5.46. The van der Waals surface area contributed by atoms with Gasteiger partial charge < -0.3 is 23.5 Å². The molecular weight excluding hydrogens is 488 g/mol. The molecule has 0 fully saturated rings. The van der Waals surface area contributed by atoms with E-state index in [1.54, 1.807) is 23.9 Å². The lowest BCUT2D eigenvalue weighted by atomic mass is 10.2. The number of aryl methyl sites for hydroxylation is 3. The van der Waals surface area contributed by atoms with Crippen molar-refractivity contribution < 1.29 is 23.4 Å². The monoisotopic (exact) mass is 520 g/mol. The molecule has 0 unspecified atom stereocenters. The Hall–Kier alpha value is -4.38. The third kappa shape index (κ3) is 6.48. The normalized spacial score (nSPS) is 11.0. The first-order valence-electron chi connectivity index (χ1n) is 12.1. The summed E-state index contributed by atoms with van der Waals surface area (Å²) in [4.78, 5) is 23.7. The molecule has 0 spiro atoms. The fourth-order valence-electron chi connectivity index (χ4n) is 3.90. The number of aromatic nitrogens is 4. The van der Waals surface area contributed by atoms with Crippen LogP contribution in [0.5, 0.6) is 11.5 Å². The fraction of sp³-hybridized carbons (Fsp3) is 0.333. The molecular formula is C27H32N6O5. The summed E-state index contributed by atoms with van der Waals surface area (Å²) in [6, 6.07) is 12.9. The zero-order valence-electron chi connectivity index (χ0n) is 22.4. The molecule has 4 aromatic rings. The minimum absolute atomic E-state index is 0.0188. The topological polar surface area (TPSA) is 117 Å². The van der Waals surface area contributed by atoms with E-state index in [1.165, 1.54) is 0 Å². The Morgan fingerprint density at radius 3 is 2.55 bits per heavy atom. The average molecular weight is 521 g/mol. The van der Waals surface area contributed by atoms with Crippen LogP contribution in [0.3, 0.4) is 0 Å². The lowest BCUT2D eigenvalue weighted by Gasteiger charge is -2.17. The Kier molecular flexibility index (Phi) is 8.27. The molecule has 0 aliphatic rings. The van der Waals surface area contributed by atoms with E-state index in [2.05, 4.69) is 20.4 Å². The van der Waals surface area contributed by atoms with Gasteiger partial charge in [-0.3, -0.25) is 5.32 Å². The first-order chi connectivity index (χ1) is 18.2. The minimum atomic E-state index is -0.679. The number of rotatable bonds is 10. The summed E-state index contributed by atoms with van der Waals surface area (Å²) in [5, 5.41) is 7.16. The SMILES string of the molecule is COc1cccc(CN(C)C)c1OCCOC(=O)Nc1cc(-n2nc(C)cc2C)nc(-c2ccc(C)o2)n1. The maximum atomic E-state index is 12.6. The van der Waals surface area contributed by atoms with E-state index in [1.807, 2.05) is 70.1 Å². The van der Waals surface area contributed by atoms with Gasteiger partial charge in [-0.2, -0.15) is 5.10 Å². The molecule has 1 amide bonds. The van der Waals surface area contributed by atoms with Crippen LogP contribution in [0.1, 0.15) is 22.7 Å². The van der Waals surface area contributed by atoms with E-state index in [9.17, 15) is 4.79 Å². The van der Waals surface area contributed by atoms with Gasteiger partial charge in [0.25, 0.3) is 0 Å². The number of methoxy groups -OCH3 is 1. The van der Waals surface area contributed by atoms with Gasteiger partial charge in [0.2, 0.25) is 0 Å². The molecule has 1 aromatic carbocycles. The number of ether oxygens (including phenoxy) is 3. The van der Waals surface area contributed by atoms with Crippen LogP contribution in [0.2, 0.25) is 0 Å². The maximum absolute atomic E-state index is 12.6. The van der Waals surface area contributed by atoms with E-state index >= 15 is 0 Å². The van der Waals surface area contributed by atoms with E-state index in [-0.39, 0.29) is 19.0 Å². The van der Waals surface area contributed by atoms with Crippen LogP contribution in [0, 0.1) is 20.8 Å². The largest absolute Gasteiger partial charge is 0.493 e. The van der Waals surface area contributed by atoms with Crippen LogP contribution >= 0.6 is 0 Å². The number of nitrogens with zero attached hydrogens (tertiary/aromatic N) is 5. The molecule has 0 bridgehead atoms. The fourth-order valence-corrected chi connectivity index (χ4v) is 3.90. The number of anilines is 1. The third-order valence-electron chi connectivity index (χ3n) is 5.46. The van der Waals surface area contributed by atoms with Crippen molar-refractivity contribution in [2.75, 3.05) is 39.7 Å². The molecule has 0 atom stereocenters. The molecule has 0 aliphatic carbocycles. The average Bonchev–Trinajstić information content (AvgIpc) is 3.46. The highest BCUT2D eigenvalue weighted by atomic mass is 16.6. The molecule has 0 aliphatic heterocycles. The van der Waals surface area contributed by atoms with E-state index < -0.39 is 6.09 Å². The predicted molar refractivity (Wildman–Crippen MR) is 142 cm³/mol. The molecule has 1 N–H and O–H groups in total. The highest BCUT2D eigenvalue weighted by molar-refractivity contribution is 5.83. The van der Waals surface area contributed by atoms with E-state index in [4.69, 9.17) is 18.6 Å². The van der Waals surface area contributed by atoms with Gasteiger partial charge in [0.1, 0.15) is 24.8 Å². The zero-order valence-corrected chi connectivity index (χ0v) is 22.4. The number of carbonyl (C=O) groups excluding carboxylic acids is 1. The van der Waals surface area contributed by atoms with Gasteiger partial charge in [-0.15, -0.1) is 0 Å². The van der Waals surface area contributed by atoms with E-state index in [0.29, 0.717) is 35.4 Å². The van der Waals surface area contributed by atoms with Crippen molar-refractivity contribution in [3.8, 4) is 28.9 Å². The number of nitrogens with one attached hydrogen (secondary N) is 1. The standard InChI is InChI=1S/C27H32N6O5/c1-17-14-18(2)33(31-17)24-15-23(28-26(30-24)22-11-10-19(3)38-22)29-27(34)37-13-12-36-25-20(16-32(4)5)8-7-9-21(25)35-6/h7-11,14-15H,12-13,16H2,1-6H3,(H,28,29,30,34). The van der Waals surface area contributed by atoms with Crippen LogP contribution in [0.15, 0.2) is 46.9 Å². The summed E-state index contributed by atoms with van der Waals surface area (Å²) in [7, 11) is 5.54. The number of amides is 1. The molecule has 0 saturated carbocycles. The zero-order chi connectivity index (χ0) is 27.2. The summed E-state index contributed by atoms with van der Waals surface area (Å²) < 4.78 is 24.1. The van der Waals surface area contributed by atoms with Gasteiger partial charge in [0, 0.05) is 23.9 Å². The number of benzene rings is 1. The Morgan fingerprint density at radius 1 is 1.08 bits per heavy atom. The molecule has 38 heavy (non-hydrogen) atoms. The van der Waals surface area contributed by atoms with Crippen molar-refractivity contribution in [2.24, 2.45) is 0 Å². The number of hydrogen-bond acceptors (Lipinski definition) is 9. The summed E-state index contributed by atoms with van der Waals surface area (Å²) in [5.41, 5.74) is 2.70. The van der Waals surface area contributed by atoms with Crippen molar-refractivity contribution in [3.05, 3.63) is 65.2 Å². The molecule has 0 radical (unpaired) electrons. The highest BCUT2D eigenvalue weighted by Gasteiger charge is 2.16. The molecule has 3 aromatic heterocycles. The lowest BCUT2D eigenvalue weighted by Crippen LogP contribution is -2.19. The van der Waals surface area contributed by atoms with Crippen LogP contribution in [0.4, 0.5) is 10.6 Å². The minimum Gasteiger partial charge on any atom is -0.493 e. The second-order valence-corrected chi connectivity index (χ2v) is 8.98. The summed E-state index contributed by atoms with van der Waals surface area (Å²) in [5.74, 6) is 3.47. The summed E-state index contributed by atoms with van der Waals surface area (Å²) in [6.07, 6.45) is -0.679. The predicted octanol–water partition coefficient (Wildman–Crippen LogP) is 4.55. The molecule has 3 heterocycles. The molecule has 11 nitrogen and oxygen atoms in total. The maximum Gasteiger partial charge on any atom is 0.412 e. The van der Waals surface area contributed by atoms with Crippen molar-refractivity contribution >= 4 is 11.9 Å². The number of hydrogen-bond donors (Lipinski definition) is 1. The molecule has 4 rings (SSSR count). The van der Waals surface area contributed by atoms with Crippen LogP contribution in [-0.4, -0.2) is 65.2 Å². The lowest BCUT2D eigenvalue weighted by molar-refractivity contribution is 0.136. The first-order valence-corrected chi connectivity index (χ1v) is 12.1. The Labute approximate surface area is 221 Å².